The lowest BCUT2D eigenvalue weighted by atomic mass is 10.1. The molecule has 1 aromatic rings. The molecule has 0 saturated heterocycles. The van der Waals surface area contributed by atoms with E-state index in [1.54, 1.807) is 0 Å². The highest BCUT2D eigenvalue weighted by Crippen LogP contribution is 2.19. The van der Waals surface area contributed by atoms with Crippen molar-refractivity contribution >= 4 is 21.2 Å². The summed E-state index contributed by atoms with van der Waals surface area (Å²) in [5.74, 6) is 0.112. The van der Waals surface area contributed by atoms with Crippen LogP contribution in [0.3, 0.4) is 0 Å². The average molecular weight is 242 g/mol. The fourth-order valence-corrected chi connectivity index (χ4v) is 2.55. The number of benzene rings is 1. The van der Waals surface area contributed by atoms with Crippen molar-refractivity contribution in [2.24, 2.45) is 0 Å². The molecule has 1 aromatic carbocycles. The number of aryl methyl sites for hydroxylation is 1. The van der Waals surface area contributed by atoms with E-state index in [-0.39, 0.29) is 11.8 Å². The minimum absolute atomic E-state index is 0.112. The molecule has 4 nitrogen and oxygen atoms in total. The van der Waals surface area contributed by atoms with E-state index in [4.69, 9.17) is 5.73 Å². The van der Waals surface area contributed by atoms with Gasteiger partial charge in [-0.15, -0.1) is 0 Å². The SMILES string of the molecule is Cc1ccc(N)cc1NC(C)CS(C)(=O)=O. The molecule has 3 N–H and O–H groups in total. The molecule has 1 rings (SSSR count). The molecular formula is C11H18N2O2S. The Morgan fingerprint density at radius 3 is 2.62 bits per heavy atom. The van der Waals surface area contributed by atoms with Gasteiger partial charge in [0.25, 0.3) is 0 Å². The average Bonchev–Trinajstić information content (AvgIpc) is 2.08. The quantitative estimate of drug-likeness (QED) is 0.783. The number of hydrogen-bond acceptors (Lipinski definition) is 4. The third-order valence-corrected chi connectivity index (χ3v) is 3.32. The van der Waals surface area contributed by atoms with Crippen LogP contribution in [0.1, 0.15) is 12.5 Å². The van der Waals surface area contributed by atoms with Gasteiger partial charge in [0.05, 0.1) is 5.75 Å². The van der Waals surface area contributed by atoms with Crippen molar-refractivity contribution in [3.05, 3.63) is 23.8 Å². The molecule has 1 atom stereocenters. The van der Waals surface area contributed by atoms with E-state index in [0.717, 1.165) is 11.3 Å². The van der Waals surface area contributed by atoms with Gasteiger partial charge in [0, 0.05) is 23.7 Å². The Labute approximate surface area is 96.8 Å². The Bertz CT molecular complexity index is 469. The van der Waals surface area contributed by atoms with Crippen LogP contribution in [-0.4, -0.2) is 26.5 Å². The van der Waals surface area contributed by atoms with Gasteiger partial charge < -0.3 is 11.1 Å². The molecule has 0 spiro atoms. The van der Waals surface area contributed by atoms with E-state index < -0.39 is 9.84 Å². The van der Waals surface area contributed by atoms with Crippen LogP contribution in [0.15, 0.2) is 18.2 Å². The van der Waals surface area contributed by atoms with Crippen LogP contribution in [-0.2, 0) is 9.84 Å². The normalized spacial score (nSPS) is 13.4. The predicted octanol–water partition coefficient (Wildman–Crippen LogP) is 1.42. The lowest BCUT2D eigenvalue weighted by molar-refractivity contribution is 0.598. The first-order valence-electron chi connectivity index (χ1n) is 5.08. The van der Waals surface area contributed by atoms with Gasteiger partial charge >= 0.3 is 0 Å². The highest BCUT2D eigenvalue weighted by Gasteiger charge is 2.11. The summed E-state index contributed by atoms with van der Waals surface area (Å²) in [6.45, 7) is 3.79. The molecule has 0 aromatic heterocycles. The molecule has 5 heteroatoms. The molecule has 0 aliphatic rings. The molecule has 0 amide bonds. The van der Waals surface area contributed by atoms with Crippen LogP contribution in [0.25, 0.3) is 0 Å². The summed E-state index contributed by atoms with van der Waals surface area (Å²) < 4.78 is 22.2. The molecule has 90 valence electrons. The van der Waals surface area contributed by atoms with Gasteiger partial charge in [-0.2, -0.15) is 0 Å². The van der Waals surface area contributed by atoms with Crippen molar-refractivity contribution < 1.29 is 8.42 Å². The van der Waals surface area contributed by atoms with Gasteiger partial charge in [0.1, 0.15) is 9.84 Å². The second kappa shape index (κ2) is 4.74. The summed E-state index contributed by atoms with van der Waals surface area (Å²) in [6, 6.07) is 5.41. The Morgan fingerprint density at radius 2 is 2.06 bits per heavy atom. The summed E-state index contributed by atoms with van der Waals surface area (Å²) >= 11 is 0. The van der Waals surface area contributed by atoms with Crippen LogP contribution in [0, 0.1) is 6.92 Å². The van der Waals surface area contributed by atoms with Crippen molar-refractivity contribution in [2.75, 3.05) is 23.1 Å². The summed E-state index contributed by atoms with van der Waals surface area (Å²) in [5, 5.41) is 3.15. The molecule has 0 fully saturated rings. The molecular weight excluding hydrogens is 224 g/mol. The third-order valence-electron chi connectivity index (χ3n) is 2.22. The largest absolute Gasteiger partial charge is 0.399 e. The smallest absolute Gasteiger partial charge is 0.149 e. The topological polar surface area (TPSA) is 72.2 Å². The van der Waals surface area contributed by atoms with Crippen LogP contribution in [0.2, 0.25) is 0 Å². The van der Waals surface area contributed by atoms with Crippen LogP contribution < -0.4 is 11.1 Å². The van der Waals surface area contributed by atoms with Crippen molar-refractivity contribution in [2.45, 2.75) is 19.9 Å². The Morgan fingerprint density at radius 1 is 1.44 bits per heavy atom. The van der Waals surface area contributed by atoms with Crippen molar-refractivity contribution in [1.29, 1.82) is 0 Å². The number of nitrogen functional groups attached to an aromatic ring is 1. The highest BCUT2D eigenvalue weighted by molar-refractivity contribution is 7.90. The second-order valence-electron chi connectivity index (χ2n) is 4.21. The number of nitrogens with two attached hydrogens (primary N) is 1. The van der Waals surface area contributed by atoms with E-state index in [9.17, 15) is 8.42 Å². The number of rotatable bonds is 4. The number of anilines is 2. The molecule has 0 radical (unpaired) electrons. The van der Waals surface area contributed by atoms with E-state index in [1.807, 2.05) is 32.0 Å². The van der Waals surface area contributed by atoms with Gasteiger partial charge in [0.15, 0.2) is 0 Å². The Hall–Kier alpha value is -1.23. The van der Waals surface area contributed by atoms with Crippen LogP contribution >= 0.6 is 0 Å². The first kappa shape index (κ1) is 12.8. The monoisotopic (exact) mass is 242 g/mol. The summed E-state index contributed by atoms with van der Waals surface area (Å²) in [7, 11) is -2.96. The van der Waals surface area contributed by atoms with Gasteiger partial charge in [-0.3, -0.25) is 0 Å². The fraction of sp³-hybridized carbons (Fsp3) is 0.455. The first-order valence-corrected chi connectivity index (χ1v) is 7.14. The van der Waals surface area contributed by atoms with Crippen LogP contribution in [0.4, 0.5) is 11.4 Å². The van der Waals surface area contributed by atoms with Gasteiger partial charge in [-0.1, -0.05) is 6.07 Å². The first-order chi connectivity index (χ1) is 7.28. The lowest BCUT2D eigenvalue weighted by Crippen LogP contribution is -2.25. The maximum atomic E-state index is 11.1. The fourth-order valence-electron chi connectivity index (χ4n) is 1.56. The predicted molar refractivity (Wildman–Crippen MR) is 68.4 cm³/mol. The maximum Gasteiger partial charge on any atom is 0.149 e. The third kappa shape index (κ3) is 4.10. The Balaban J connectivity index is 2.77. The summed E-state index contributed by atoms with van der Waals surface area (Å²) in [5.41, 5.74) is 8.27. The van der Waals surface area contributed by atoms with Crippen molar-refractivity contribution in [3.8, 4) is 0 Å². The minimum Gasteiger partial charge on any atom is -0.399 e. The minimum atomic E-state index is -2.96. The molecule has 16 heavy (non-hydrogen) atoms. The maximum absolute atomic E-state index is 11.1. The standard InChI is InChI=1S/C11H18N2O2S/c1-8-4-5-10(12)6-11(8)13-9(2)7-16(3,14)15/h4-6,9,13H,7,12H2,1-3H3. The van der Waals surface area contributed by atoms with Crippen LogP contribution in [0.5, 0.6) is 0 Å². The van der Waals surface area contributed by atoms with Gasteiger partial charge in [-0.25, -0.2) is 8.42 Å². The Kier molecular flexibility index (Phi) is 3.80. The molecule has 0 bridgehead atoms. The van der Waals surface area contributed by atoms with E-state index in [2.05, 4.69) is 5.32 Å². The molecule has 0 heterocycles. The highest BCUT2D eigenvalue weighted by atomic mass is 32.2. The van der Waals surface area contributed by atoms with Crippen molar-refractivity contribution in [3.63, 3.8) is 0 Å². The van der Waals surface area contributed by atoms with Gasteiger partial charge in [-0.05, 0) is 31.5 Å². The molecule has 0 aliphatic heterocycles. The van der Waals surface area contributed by atoms with Gasteiger partial charge in [0.2, 0.25) is 0 Å². The molecule has 0 saturated carbocycles. The zero-order valence-electron chi connectivity index (χ0n) is 9.82. The molecule has 1 unspecified atom stereocenters. The zero-order chi connectivity index (χ0) is 12.3. The zero-order valence-corrected chi connectivity index (χ0v) is 10.6. The summed E-state index contributed by atoms with van der Waals surface area (Å²) in [6.07, 6.45) is 1.23. The summed E-state index contributed by atoms with van der Waals surface area (Å²) in [4.78, 5) is 0. The molecule has 0 aliphatic carbocycles. The number of hydrogen-bond donors (Lipinski definition) is 2. The van der Waals surface area contributed by atoms with E-state index in [1.165, 1.54) is 6.26 Å². The second-order valence-corrected chi connectivity index (χ2v) is 6.40. The lowest BCUT2D eigenvalue weighted by Gasteiger charge is -2.16. The van der Waals surface area contributed by atoms with E-state index >= 15 is 0 Å². The van der Waals surface area contributed by atoms with Crippen molar-refractivity contribution in [1.82, 2.24) is 0 Å². The number of sulfone groups is 1. The van der Waals surface area contributed by atoms with E-state index in [0.29, 0.717) is 5.69 Å². The number of nitrogens with one attached hydrogen (secondary N) is 1.